The molecule has 0 aromatic heterocycles. The minimum atomic E-state index is -0.678. The van der Waals surface area contributed by atoms with Crippen LogP contribution in [0.5, 0.6) is 0 Å². The maximum Gasteiger partial charge on any atom is 0.307 e. The largest absolute Gasteiger partial charge is 0.481 e. The molecule has 4 unspecified atom stereocenters. The third-order valence-electron chi connectivity index (χ3n) is 6.17. The third-order valence-corrected chi connectivity index (χ3v) is 6.17. The highest BCUT2D eigenvalue weighted by Gasteiger charge is 2.55. The molecule has 4 atom stereocenters. The van der Waals surface area contributed by atoms with Crippen molar-refractivity contribution in [1.29, 1.82) is 0 Å². The summed E-state index contributed by atoms with van der Waals surface area (Å²) in [7, 11) is 0. The first-order valence-electron chi connectivity index (χ1n) is 8.07. The standard InChI is InChI=1S/C16H24O4/c17-15(18)13-9-5-1-2-6-10(9)14(16(19)20)12-8-4-3-7-11(12)13/h9-14H,1-8H2,(H,17,18)(H,19,20). The van der Waals surface area contributed by atoms with Gasteiger partial charge in [0.15, 0.2) is 0 Å². The van der Waals surface area contributed by atoms with Gasteiger partial charge in [-0.1, -0.05) is 25.7 Å². The predicted molar refractivity (Wildman–Crippen MR) is 73.1 cm³/mol. The van der Waals surface area contributed by atoms with Crippen molar-refractivity contribution >= 4 is 11.9 Å². The quantitative estimate of drug-likeness (QED) is 0.815. The maximum atomic E-state index is 11.8. The van der Waals surface area contributed by atoms with Crippen LogP contribution in [0.2, 0.25) is 0 Å². The van der Waals surface area contributed by atoms with Crippen LogP contribution in [0.3, 0.4) is 0 Å². The fourth-order valence-corrected chi connectivity index (χ4v) is 5.53. The van der Waals surface area contributed by atoms with Gasteiger partial charge < -0.3 is 10.2 Å². The number of hydrogen-bond acceptors (Lipinski definition) is 2. The molecule has 0 bridgehead atoms. The second-order valence-corrected chi connectivity index (χ2v) is 6.95. The van der Waals surface area contributed by atoms with Gasteiger partial charge >= 0.3 is 11.9 Å². The fraction of sp³-hybridized carbons (Fsp3) is 0.875. The first-order chi connectivity index (χ1) is 9.61. The molecule has 3 aliphatic carbocycles. The first-order valence-corrected chi connectivity index (χ1v) is 8.07. The van der Waals surface area contributed by atoms with E-state index in [0.717, 1.165) is 51.4 Å². The molecule has 0 spiro atoms. The van der Waals surface area contributed by atoms with Crippen molar-refractivity contribution in [2.45, 2.75) is 51.4 Å². The molecule has 112 valence electrons. The Bertz CT molecular complexity index is 343. The first kappa shape index (κ1) is 13.9. The van der Waals surface area contributed by atoms with Crippen LogP contribution in [0.15, 0.2) is 0 Å². The van der Waals surface area contributed by atoms with Gasteiger partial charge in [-0.3, -0.25) is 9.59 Å². The highest BCUT2D eigenvalue weighted by molar-refractivity contribution is 5.74. The molecule has 4 nitrogen and oxygen atoms in total. The van der Waals surface area contributed by atoms with Gasteiger partial charge in [-0.2, -0.15) is 0 Å². The average Bonchev–Trinajstić information content (AvgIpc) is 2.43. The highest BCUT2D eigenvalue weighted by Crippen LogP contribution is 2.56. The smallest absolute Gasteiger partial charge is 0.307 e. The van der Waals surface area contributed by atoms with E-state index in [1.165, 1.54) is 0 Å². The molecule has 2 N–H and O–H groups in total. The Balaban J connectivity index is 1.97. The summed E-state index contributed by atoms with van der Waals surface area (Å²) in [5.74, 6) is -1.54. The number of carbonyl (C=O) groups is 2. The number of fused-ring (bicyclic) bond motifs is 2. The summed E-state index contributed by atoms with van der Waals surface area (Å²) in [6.45, 7) is 0. The summed E-state index contributed by atoms with van der Waals surface area (Å²) in [5.41, 5.74) is 0. The van der Waals surface area contributed by atoms with Gasteiger partial charge in [0.25, 0.3) is 0 Å². The molecule has 0 heterocycles. The lowest BCUT2D eigenvalue weighted by molar-refractivity contribution is -0.170. The molecule has 0 radical (unpaired) electrons. The Labute approximate surface area is 119 Å². The van der Waals surface area contributed by atoms with Crippen LogP contribution >= 0.6 is 0 Å². The van der Waals surface area contributed by atoms with Gasteiger partial charge in [0.2, 0.25) is 0 Å². The van der Waals surface area contributed by atoms with Crippen LogP contribution in [0, 0.1) is 35.5 Å². The van der Waals surface area contributed by atoms with Crippen molar-refractivity contribution < 1.29 is 19.8 Å². The van der Waals surface area contributed by atoms with E-state index in [1.807, 2.05) is 0 Å². The lowest BCUT2D eigenvalue weighted by Crippen LogP contribution is -2.53. The SMILES string of the molecule is O=C(O)C1C2CCCCC2C(C(=O)O)C2CCCCC21. The lowest BCUT2D eigenvalue weighted by atomic mass is 9.50. The number of aliphatic carboxylic acids is 2. The summed E-state index contributed by atoms with van der Waals surface area (Å²) in [4.78, 5) is 23.6. The summed E-state index contributed by atoms with van der Waals surface area (Å²) in [6.07, 6.45) is 7.90. The molecule has 0 amide bonds. The molecule has 0 aromatic rings. The van der Waals surface area contributed by atoms with Crippen molar-refractivity contribution in [3.05, 3.63) is 0 Å². The molecule has 3 saturated carbocycles. The maximum absolute atomic E-state index is 11.8. The van der Waals surface area contributed by atoms with Gasteiger partial charge in [0.1, 0.15) is 0 Å². The van der Waals surface area contributed by atoms with Crippen LogP contribution in [0.1, 0.15) is 51.4 Å². The van der Waals surface area contributed by atoms with Crippen LogP contribution in [-0.4, -0.2) is 22.2 Å². The van der Waals surface area contributed by atoms with Crippen LogP contribution in [-0.2, 0) is 9.59 Å². The highest BCUT2D eigenvalue weighted by atomic mass is 16.4. The van der Waals surface area contributed by atoms with E-state index < -0.39 is 11.9 Å². The van der Waals surface area contributed by atoms with Crippen LogP contribution in [0.25, 0.3) is 0 Å². The topological polar surface area (TPSA) is 74.6 Å². The van der Waals surface area contributed by atoms with E-state index in [1.54, 1.807) is 0 Å². The molecule has 20 heavy (non-hydrogen) atoms. The second-order valence-electron chi connectivity index (χ2n) is 6.95. The Hall–Kier alpha value is -1.06. The summed E-state index contributed by atoms with van der Waals surface area (Å²) >= 11 is 0. The van der Waals surface area contributed by atoms with E-state index in [2.05, 4.69) is 0 Å². The molecular formula is C16H24O4. The number of rotatable bonds is 2. The van der Waals surface area contributed by atoms with E-state index in [9.17, 15) is 19.8 Å². The van der Waals surface area contributed by atoms with E-state index in [4.69, 9.17) is 0 Å². The number of hydrogen-bond donors (Lipinski definition) is 2. The molecule has 4 heteroatoms. The van der Waals surface area contributed by atoms with E-state index in [0.29, 0.717) is 0 Å². The van der Waals surface area contributed by atoms with Crippen LogP contribution in [0.4, 0.5) is 0 Å². The predicted octanol–water partition coefficient (Wildman–Crippen LogP) is 3.01. The molecule has 3 fully saturated rings. The van der Waals surface area contributed by atoms with Crippen molar-refractivity contribution in [3.63, 3.8) is 0 Å². The molecule has 0 aromatic carbocycles. The zero-order valence-electron chi connectivity index (χ0n) is 11.8. The van der Waals surface area contributed by atoms with Gasteiger partial charge in [-0.05, 0) is 49.4 Å². The minimum absolute atomic E-state index is 0.0988. The average molecular weight is 280 g/mol. The van der Waals surface area contributed by atoms with Gasteiger partial charge in [-0.15, -0.1) is 0 Å². The van der Waals surface area contributed by atoms with Gasteiger partial charge in [-0.25, -0.2) is 0 Å². The summed E-state index contributed by atoms with van der Waals surface area (Å²) in [6, 6.07) is 0. The van der Waals surface area contributed by atoms with Crippen molar-refractivity contribution in [3.8, 4) is 0 Å². The second kappa shape index (κ2) is 5.38. The Morgan fingerprint density at radius 1 is 0.600 bits per heavy atom. The van der Waals surface area contributed by atoms with E-state index >= 15 is 0 Å². The molecule has 0 aliphatic heterocycles. The fourth-order valence-electron chi connectivity index (χ4n) is 5.53. The normalized spacial score (nSPS) is 44.2. The Morgan fingerprint density at radius 3 is 1.05 bits per heavy atom. The van der Waals surface area contributed by atoms with Crippen molar-refractivity contribution in [2.75, 3.05) is 0 Å². The zero-order valence-corrected chi connectivity index (χ0v) is 11.8. The van der Waals surface area contributed by atoms with Crippen molar-refractivity contribution in [1.82, 2.24) is 0 Å². The molecule has 3 rings (SSSR count). The third kappa shape index (κ3) is 2.13. The van der Waals surface area contributed by atoms with E-state index in [-0.39, 0.29) is 35.5 Å². The Morgan fingerprint density at radius 2 is 0.850 bits per heavy atom. The molecule has 0 saturated heterocycles. The van der Waals surface area contributed by atoms with Gasteiger partial charge in [0.05, 0.1) is 11.8 Å². The number of carboxylic acids is 2. The van der Waals surface area contributed by atoms with Crippen molar-refractivity contribution in [2.24, 2.45) is 35.5 Å². The number of carboxylic acid groups (broad SMARTS) is 2. The Kier molecular flexibility index (Phi) is 3.74. The molecular weight excluding hydrogens is 256 g/mol. The minimum Gasteiger partial charge on any atom is -0.481 e. The summed E-state index contributed by atoms with van der Waals surface area (Å²) < 4.78 is 0. The van der Waals surface area contributed by atoms with Gasteiger partial charge in [0, 0.05) is 0 Å². The summed E-state index contributed by atoms with van der Waals surface area (Å²) in [5, 5.41) is 19.4. The monoisotopic (exact) mass is 280 g/mol. The zero-order chi connectivity index (χ0) is 14.3. The lowest BCUT2D eigenvalue weighted by Gasteiger charge is -2.52. The van der Waals surface area contributed by atoms with Crippen LogP contribution < -0.4 is 0 Å². The molecule has 3 aliphatic rings.